The Bertz CT molecular complexity index is 811. The predicted octanol–water partition coefficient (Wildman–Crippen LogP) is 2.36. The van der Waals surface area contributed by atoms with Crippen LogP contribution < -0.4 is 0 Å². The second-order valence-electron chi connectivity index (χ2n) is 11.2. The number of hydrogen-bond donors (Lipinski definition) is 0. The molecule has 4 bridgehead atoms. The number of fused-ring (bicyclic) bond motifs is 4. The van der Waals surface area contributed by atoms with Crippen LogP contribution in [0.25, 0.3) is 0 Å². The molecule has 2 amide bonds. The van der Waals surface area contributed by atoms with Gasteiger partial charge in [-0.15, -0.1) is 0 Å². The van der Waals surface area contributed by atoms with E-state index >= 15 is 0 Å². The molecule has 0 N–H and O–H groups in total. The van der Waals surface area contributed by atoms with E-state index in [2.05, 4.69) is 0 Å². The molecular formula is C24H38N2O7. The van der Waals surface area contributed by atoms with Crippen molar-refractivity contribution in [1.82, 2.24) is 9.80 Å². The standard InChI is InChI=1S/C24H38N2O7/c1-22(2,3)33-21(29)26-17-7-10-24(26,14-31-5)11-15(17)19(27)25-18-8-9-23(25,13-30-4)12-16(18)20(28)32-6/h15-18H,7-14H2,1-6H3/t15-,16-,17-,18-,23+,24+/m1/s1. The van der Waals surface area contributed by atoms with Crippen molar-refractivity contribution in [2.75, 3.05) is 34.5 Å². The molecule has 4 aliphatic heterocycles. The van der Waals surface area contributed by atoms with Crippen molar-refractivity contribution in [3.8, 4) is 0 Å². The van der Waals surface area contributed by atoms with Gasteiger partial charge < -0.3 is 23.8 Å². The van der Waals surface area contributed by atoms with E-state index in [-0.39, 0.29) is 41.9 Å². The quantitative estimate of drug-likeness (QED) is 0.555. The van der Waals surface area contributed by atoms with Crippen LogP contribution in [0.2, 0.25) is 0 Å². The third-order valence-corrected chi connectivity index (χ3v) is 8.10. The molecule has 9 heteroatoms. The van der Waals surface area contributed by atoms with Gasteiger partial charge in [-0.1, -0.05) is 0 Å². The lowest BCUT2D eigenvalue weighted by atomic mass is 9.80. The summed E-state index contributed by atoms with van der Waals surface area (Å²) in [4.78, 5) is 43.6. The topological polar surface area (TPSA) is 94.6 Å². The van der Waals surface area contributed by atoms with Gasteiger partial charge in [-0.25, -0.2) is 4.79 Å². The highest BCUT2D eigenvalue weighted by Gasteiger charge is 2.66. The van der Waals surface area contributed by atoms with E-state index in [9.17, 15) is 14.4 Å². The molecule has 186 valence electrons. The third kappa shape index (κ3) is 3.81. The number of nitrogens with zero attached hydrogens (tertiary/aromatic N) is 2. The fraction of sp³-hybridized carbons (Fsp3) is 0.875. The van der Waals surface area contributed by atoms with Gasteiger partial charge in [-0.2, -0.15) is 0 Å². The van der Waals surface area contributed by atoms with Crippen molar-refractivity contribution in [1.29, 1.82) is 0 Å². The highest BCUT2D eigenvalue weighted by atomic mass is 16.6. The van der Waals surface area contributed by atoms with Crippen molar-refractivity contribution in [2.24, 2.45) is 11.8 Å². The Morgan fingerprint density at radius 1 is 0.848 bits per heavy atom. The highest BCUT2D eigenvalue weighted by Crippen LogP contribution is 2.55. The zero-order valence-electron chi connectivity index (χ0n) is 20.7. The summed E-state index contributed by atoms with van der Waals surface area (Å²) in [6, 6.07) is -0.425. The molecule has 4 heterocycles. The fourth-order valence-corrected chi connectivity index (χ4v) is 7.09. The van der Waals surface area contributed by atoms with E-state index in [1.165, 1.54) is 7.11 Å². The van der Waals surface area contributed by atoms with Crippen molar-refractivity contribution in [3.05, 3.63) is 0 Å². The van der Waals surface area contributed by atoms with Gasteiger partial charge in [0, 0.05) is 26.3 Å². The molecule has 0 radical (unpaired) electrons. The average Bonchev–Trinajstić information content (AvgIpc) is 3.45. The minimum absolute atomic E-state index is 0.0113. The number of carbonyl (C=O) groups is 3. The Morgan fingerprint density at radius 3 is 1.88 bits per heavy atom. The van der Waals surface area contributed by atoms with Crippen LogP contribution in [-0.2, 0) is 28.5 Å². The monoisotopic (exact) mass is 466 g/mol. The van der Waals surface area contributed by atoms with Gasteiger partial charge >= 0.3 is 12.1 Å². The summed E-state index contributed by atoms with van der Waals surface area (Å²) in [5.74, 6) is -0.946. The first-order valence-corrected chi connectivity index (χ1v) is 11.9. The van der Waals surface area contributed by atoms with Gasteiger partial charge in [0.1, 0.15) is 5.60 Å². The number of carbonyl (C=O) groups excluding carboxylic acids is 3. The number of ether oxygens (including phenoxy) is 4. The first-order valence-electron chi connectivity index (χ1n) is 11.9. The minimum Gasteiger partial charge on any atom is -0.469 e. The van der Waals surface area contributed by atoms with E-state index in [0.717, 1.165) is 25.7 Å². The number of rotatable bonds is 6. The number of amides is 2. The Hall–Kier alpha value is -1.87. The summed E-state index contributed by atoms with van der Waals surface area (Å²) in [7, 11) is 4.65. The van der Waals surface area contributed by atoms with Crippen LogP contribution in [0, 0.1) is 11.8 Å². The Kier molecular flexibility index (Phi) is 6.18. The zero-order chi connectivity index (χ0) is 24.2. The molecule has 0 aromatic carbocycles. The maximum atomic E-state index is 14.1. The number of methoxy groups -OCH3 is 3. The van der Waals surface area contributed by atoms with Crippen LogP contribution in [0.4, 0.5) is 4.79 Å². The van der Waals surface area contributed by atoms with E-state index in [1.807, 2.05) is 25.7 Å². The minimum atomic E-state index is -0.628. The first kappa shape index (κ1) is 24.3. The zero-order valence-corrected chi connectivity index (χ0v) is 20.7. The smallest absolute Gasteiger partial charge is 0.411 e. The molecule has 4 rings (SSSR count). The molecule has 4 aliphatic rings. The van der Waals surface area contributed by atoms with Crippen molar-refractivity contribution < 1.29 is 33.3 Å². The van der Waals surface area contributed by atoms with Gasteiger partial charge in [-0.3, -0.25) is 14.5 Å². The molecule has 4 saturated heterocycles. The van der Waals surface area contributed by atoms with Crippen LogP contribution in [0.3, 0.4) is 0 Å². The number of hydrogen-bond acceptors (Lipinski definition) is 7. The van der Waals surface area contributed by atoms with Crippen LogP contribution in [0.5, 0.6) is 0 Å². The van der Waals surface area contributed by atoms with Crippen molar-refractivity contribution in [2.45, 2.75) is 88.1 Å². The molecule has 9 nitrogen and oxygen atoms in total. The first-order chi connectivity index (χ1) is 15.5. The van der Waals surface area contributed by atoms with Crippen LogP contribution in [-0.4, -0.2) is 91.1 Å². The Morgan fingerprint density at radius 2 is 1.36 bits per heavy atom. The molecule has 0 saturated carbocycles. The van der Waals surface area contributed by atoms with Crippen molar-refractivity contribution >= 4 is 18.0 Å². The van der Waals surface area contributed by atoms with Gasteiger partial charge in [0.25, 0.3) is 0 Å². The van der Waals surface area contributed by atoms with Gasteiger partial charge in [0.15, 0.2) is 0 Å². The molecule has 0 aliphatic carbocycles. The number of esters is 1. The van der Waals surface area contributed by atoms with E-state index < -0.39 is 16.7 Å². The fourth-order valence-electron chi connectivity index (χ4n) is 7.09. The lowest BCUT2D eigenvalue weighted by Crippen LogP contribution is -2.52. The second-order valence-corrected chi connectivity index (χ2v) is 11.2. The maximum Gasteiger partial charge on any atom is 0.411 e. The summed E-state index contributed by atoms with van der Waals surface area (Å²) >= 11 is 0. The van der Waals surface area contributed by atoms with E-state index in [0.29, 0.717) is 26.1 Å². The lowest BCUT2D eigenvalue weighted by Gasteiger charge is -2.37. The Balaban J connectivity index is 1.63. The normalized spacial score (nSPS) is 37.0. The van der Waals surface area contributed by atoms with Crippen molar-refractivity contribution in [3.63, 3.8) is 0 Å². The molecule has 0 aromatic rings. The molecule has 33 heavy (non-hydrogen) atoms. The summed E-state index contributed by atoms with van der Waals surface area (Å²) < 4.78 is 21.8. The molecular weight excluding hydrogens is 428 g/mol. The van der Waals surface area contributed by atoms with Crippen LogP contribution >= 0.6 is 0 Å². The van der Waals surface area contributed by atoms with E-state index in [4.69, 9.17) is 18.9 Å². The molecule has 4 fully saturated rings. The summed E-state index contributed by atoms with van der Waals surface area (Å²) in [5, 5.41) is 0. The van der Waals surface area contributed by atoms with E-state index in [1.54, 1.807) is 19.1 Å². The highest BCUT2D eigenvalue weighted by molar-refractivity contribution is 5.86. The van der Waals surface area contributed by atoms with Gasteiger partial charge in [-0.05, 0) is 59.3 Å². The second kappa shape index (κ2) is 8.41. The lowest BCUT2D eigenvalue weighted by molar-refractivity contribution is -0.147. The molecule has 6 atom stereocenters. The summed E-state index contributed by atoms with van der Waals surface area (Å²) in [6.07, 6.45) is 3.79. The Labute approximate surface area is 196 Å². The van der Waals surface area contributed by atoms with Gasteiger partial charge in [0.2, 0.25) is 5.91 Å². The van der Waals surface area contributed by atoms with Crippen LogP contribution in [0.1, 0.15) is 59.3 Å². The average molecular weight is 467 g/mol. The molecule has 0 spiro atoms. The summed E-state index contributed by atoms with van der Waals surface area (Å²) in [6.45, 7) is 6.29. The molecule has 0 aromatic heterocycles. The SMILES string of the molecule is COC[C@]12CC[C@H]([C@H](C(=O)N3[C@@H]4CC[C@@]3(COC)C[C@H]4C(=O)OC)C1)N2C(=O)OC(C)(C)C. The molecule has 0 unspecified atom stereocenters. The predicted molar refractivity (Wildman–Crippen MR) is 118 cm³/mol. The summed E-state index contributed by atoms with van der Waals surface area (Å²) in [5.41, 5.74) is -1.67. The largest absolute Gasteiger partial charge is 0.469 e. The van der Waals surface area contributed by atoms with Crippen LogP contribution in [0.15, 0.2) is 0 Å². The third-order valence-electron chi connectivity index (χ3n) is 8.10. The van der Waals surface area contributed by atoms with Gasteiger partial charge in [0.05, 0.1) is 43.2 Å². The maximum absolute atomic E-state index is 14.1.